The first-order chi connectivity index (χ1) is 25.7. The van der Waals surface area contributed by atoms with Gasteiger partial charge in [-0.05, 0) is 98.2 Å². The predicted molar refractivity (Wildman–Crippen MR) is 207 cm³/mol. The molecule has 1 saturated heterocycles. The fraction of sp³-hybridized carbons (Fsp3) is 0.579. The number of rotatable bonds is 4. The molecule has 3 heterocycles. The number of halogens is 1. The molecule has 0 aromatic heterocycles. The highest BCUT2D eigenvalue weighted by Crippen LogP contribution is 2.47. The van der Waals surface area contributed by atoms with E-state index >= 15 is 0 Å². The Hall–Kier alpha value is -3.21. The van der Waals surface area contributed by atoms with E-state index in [0.717, 1.165) is 42.1 Å². The van der Waals surface area contributed by atoms with Crippen LogP contribution >= 0.6 is 11.6 Å². The van der Waals surface area contributed by atoms with E-state index in [1.54, 1.807) is 25.3 Å². The molecule has 2 fully saturated rings. The lowest BCUT2D eigenvalue weighted by Gasteiger charge is -2.46. The summed E-state index contributed by atoms with van der Waals surface area (Å²) in [6.07, 6.45) is 8.67. The molecule has 1 spiro atoms. The van der Waals surface area contributed by atoms with Crippen LogP contribution in [0.15, 0.2) is 48.6 Å². The van der Waals surface area contributed by atoms with Gasteiger partial charge in [0.05, 0.1) is 18.4 Å². The van der Waals surface area contributed by atoms with E-state index in [4.69, 9.17) is 21.1 Å². The Labute approximate surface area is 323 Å². The van der Waals surface area contributed by atoms with Gasteiger partial charge in [-0.25, -0.2) is 13.1 Å². The fourth-order valence-corrected chi connectivity index (χ4v) is 11.6. The highest BCUT2D eigenvalue weighted by Gasteiger charge is 2.45. The van der Waals surface area contributed by atoms with E-state index in [0.29, 0.717) is 36.4 Å². The first-order valence-electron chi connectivity index (χ1n) is 18.7. The van der Waals surface area contributed by atoms with Crippen LogP contribution < -0.4 is 14.4 Å². The number of nitrogens with one attached hydrogen (secondary N) is 1. The summed E-state index contributed by atoms with van der Waals surface area (Å²) in [6, 6.07) is 11.1. The van der Waals surface area contributed by atoms with Crippen LogP contribution in [0, 0.1) is 11.8 Å². The predicted octanol–water partition coefficient (Wildman–Crippen LogP) is 3.58. The molecule has 1 N–H and O–H groups in total. The third kappa shape index (κ3) is 7.51. The number of hydrogen-bond donors (Lipinski definition) is 1. The van der Waals surface area contributed by atoms with E-state index in [-0.39, 0.29) is 62.0 Å². The third-order valence-corrected chi connectivity index (χ3v) is 15.9. The van der Waals surface area contributed by atoms with Crippen molar-refractivity contribution in [1.29, 1.82) is 0 Å². The minimum absolute atomic E-state index is 0.0240. The molecule has 2 aromatic rings. The van der Waals surface area contributed by atoms with Crippen molar-refractivity contribution in [1.82, 2.24) is 18.2 Å². The fourth-order valence-electron chi connectivity index (χ4n) is 8.91. The summed E-state index contributed by atoms with van der Waals surface area (Å²) in [5.41, 5.74) is 2.98. The van der Waals surface area contributed by atoms with Gasteiger partial charge in [-0.1, -0.05) is 29.8 Å². The van der Waals surface area contributed by atoms with Gasteiger partial charge in [-0.15, -0.1) is 0 Å². The summed E-state index contributed by atoms with van der Waals surface area (Å²) in [5, 5.41) is -0.869. The Morgan fingerprint density at radius 1 is 1.07 bits per heavy atom. The van der Waals surface area contributed by atoms with Crippen LogP contribution in [0.5, 0.6) is 5.75 Å². The van der Waals surface area contributed by atoms with Crippen LogP contribution in [0.3, 0.4) is 0 Å². The first-order valence-corrected chi connectivity index (χ1v) is 22.1. The molecule has 0 radical (unpaired) electrons. The van der Waals surface area contributed by atoms with Gasteiger partial charge in [0.15, 0.2) is 5.25 Å². The van der Waals surface area contributed by atoms with Crippen molar-refractivity contribution in [3.8, 4) is 5.75 Å². The van der Waals surface area contributed by atoms with Crippen molar-refractivity contribution < 1.29 is 35.9 Å². The molecule has 5 atom stereocenters. The molecule has 16 heteroatoms. The Kier molecular flexibility index (Phi) is 11.1. The molecular formula is C38H50ClN5O8S2. The zero-order valence-corrected chi connectivity index (χ0v) is 33.5. The van der Waals surface area contributed by atoms with Crippen molar-refractivity contribution in [3.63, 3.8) is 0 Å². The van der Waals surface area contributed by atoms with E-state index in [9.17, 15) is 26.4 Å². The number of carbonyl (C=O) groups is 2. The number of ether oxygens (including phenoxy) is 2. The lowest BCUT2D eigenvalue weighted by molar-refractivity contribution is -0.132. The maximum absolute atomic E-state index is 14.0. The maximum atomic E-state index is 14.0. The summed E-state index contributed by atoms with van der Waals surface area (Å²) in [5.74, 6) is -0.364. The second-order valence-electron chi connectivity index (χ2n) is 15.5. The highest BCUT2D eigenvalue weighted by atomic mass is 35.5. The lowest BCUT2D eigenvalue weighted by Crippen LogP contribution is -2.56. The average molecular weight is 804 g/mol. The number of aryl methyl sites for hydroxylation is 1. The smallest absolute Gasteiger partial charge is 0.281 e. The molecule has 3 aliphatic heterocycles. The number of piperazine rings is 1. The molecule has 2 aromatic carbocycles. The Balaban J connectivity index is 1.21. The van der Waals surface area contributed by atoms with Crippen LogP contribution in [0.4, 0.5) is 5.69 Å². The number of nitrogens with zero attached hydrogens (tertiary/aromatic N) is 4. The number of benzene rings is 2. The van der Waals surface area contributed by atoms with Gasteiger partial charge in [0.1, 0.15) is 5.75 Å². The zero-order valence-electron chi connectivity index (χ0n) is 31.1. The largest absolute Gasteiger partial charge is 0.490 e. The van der Waals surface area contributed by atoms with E-state index in [1.807, 2.05) is 18.2 Å². The average Bonchev–Trinajstić information content (AvgIpc) is 3.28. The molecule has 1 saturated carbocycles. The molecule has 0 unspecified atom stereocenters. The zero-order chi connectivity index (χ0) is 38.4. The number of amides is 2. The van der Waals surface area contributed by atoms with Crippen LogP contribution in [0.2, 0.25) is 5.02 Å². The highest BCUT2D eigenvalue weighted by molar-refractivity contribution is 7.91. The lowest BCUT2D eigenvalue weighted by atomic mass is 9.68. The van der Waals surface area contributed by atoms with Gasteiger partial charge in [0, 0.05) is 76.5 Å². The Morgan fingerprint density at radius 3 is 2.56 bits per heavy atom. The topological polar surface area (TPSA) is 146 Å². The quantitative estimate of drug-likeness (QED) is 0.459. The summed E-state index contributed by atoms with van der Waals surface area (Å²) in [7, 11) is -3.67. The summed E-state index contributed by atoms with van der Waals surface area (Å²) < 4.78 is 70.6. The standard InChI is InChI=1S/C38H50ClN5O8S2/c1-41(2)54(49,50)44-19-17-42(18-20-44)37(46)35-9-5-4-8-33(51-3)30-13-10-28(30)23-43-24-38(16-6-7-26-21-29(39)12-14-31(26)38)25-52-34-15-11-27(22-32(34)43)36(45)40-53(35,47)48/h4,8,11-12,14-15,21-22,28,30,33,35H,5-7,9-10,13,16-20,23-25H2,1-3H3,(H,40,45)/b8-4+/t28-,30+,33-,35-,38-/m0/s1. The van der Waals surface area contributed by atoms with Gasteiger partial charge < -0.3 is 19.3 Å². The third-order valence-electron chi connectivity index (χ3n) is 12.1. The van der Waals surface area contributed by atoms with Gasteiger partial charge in [0.25, 0.3) is 16.1 Å². The number of anilines is 1. The number of fused-ring (bicyclic) bond motifs is 4. The monoisotopic (exact) mass is 803 g/mol. The molecule has 5 aliphatic rings. The summed E-state index contributed by atoms with van der Waals surface area (Å²) in [6.45, 7) is 1.90. The molecule has 294 valence electrons. The molecule has 2 aliphatic carbocycles. The van der Waals surface area contributed by atoms with Crippen molar-refractivity contribution >= 4 is 49.3 Å². The SMILES string of the molecule is CO[C@H]1/C=C/CC[C@@H](C(=O)N2CCN(S(=O)(=O)N(C)C)CC2)S(=O)(=O)NC(=O)c2ccc3c(c2)N(C[C@@H]2CC[C@H]21)C[C@@]1(CCCc2cc(Cl)ccc21)CO3. The molecule has 7 rings (SSSR count). The minimum Gasteiger partial charge on any atom is -0.490 e. The maximum Gasteiger partial charge on any atom is 0.281 e. The second-order valence-corrected chi connectivity index (χ2v) is 19.9. The van der Waals surface area contributed by atoms with Gasteiger partial charge in [-0.2, -0.15) is 17.0 Å². The minimum atomic E-state index is -4.53. The number of hydrogen-bond acceptors (Lipinski definition) is 9. The van der Waals surface area contributed by atoms with Gasteiger partial charge in [-0.3, -0.25) is 9.59 Å². The van der Waals surface area contributed by atoms with Crippen molar-refractivity contribution in [3.05, 3.63) is 70.3 Å². The number of methoxy groups -OCH3 is 1. The normalized spacial score (nSPS) is 29.6. The van der Waals surface area contributed by atoms with E-state index in [1.165, 1.54) is 34.4 Å². The van der Waals surface area contributed by atoms with Gasteiger partial charge >= 0.3 is 0 Å². The van der Waals surface area contributed by atoms with Crippen LogP contribution in [-0.4, -0.2) is 121 Å². The molecule has 13 nitrogen and oxygen atoms in total. The molecule has 2 amide bonds. The van der Waals surface area contributed by atoms with Crippen molar-refractivity contribution in [2.24, 2.45) is 11.8 Å². The number of sulfonamides is 1. The summed E-state index contributed by atoms with van der Waals surface area (Å²) in [4.78, 5) is 31.5. The van der Waals surface area contributed by atoms with E-state index < -0.39 is 37.3 Å². The van der Waals surface area contributed by atoms with Crippen LogP contribution in [0.1, 0.15) is 60.0 Å². The van der Waals surface area contributed by atoms with Crippen LogP contribution in [0.25, 0.3) is 0 Å². The Bertz CT molecular complexity index is 2020. The van der Waals surface area contributed by atoms with Crippen molar-refractivity contribution in [2.45, 2.75) is 61.7 Å². The number of carbonyl (C=O) groups excluding carboxylic acids is 2. The van der Waals surface area contributed by atoms with Gasteiger partial charge in [0.2, 0.25) is 15.9 Å². The Morgan fingerprint density at radius 2 is 1.85 bits per heavy atom. The first kappa shape index (κ1) is 39.0. The van der Waals surface area contributed by atoms with Crippen molar-refractivity contribution in [2.75, 3.05) is 72.0 Å². The molecule has 2 bridgehead atoms. The van der Waals surface area contributed by atoms with Crippen LogP contribution in [-0.2, 0) is 41.6 Å². The molecular weight excluding hydrogens is 754 g/mol. The second kappa shape index (κ2) is 15.4. The van der Waals surface area contributed by atoms with E-state index in [2.05, 4.69) is 21.8 Å². The summed E-state index contributed by atoms with van der Waals surface area (Å²) >= 11 is 6.44. The number of allylic oxidation sites excluding steroid dienone is 1. The molecule has 54 heavy (non-hydrogen) atoms.